The van der Waals surface area contributed by atoms with Gasteiger partial charge in [-0.25, -0.2) is 0 Å². The van der Waals surface area contributed by atoms with Gasteiger partial charge in [-0.3, -0.25) is 4.98 Å². The molecular weight excluding hydrogens is 242 g/mol. The number of fused-ring (bicyclic) bond motifs is 1. The Morgan fingerprint density at radius 3 is 2.83 bits per heavy atom. The predicted molar refractivity (Wildman–Crippen MR) is 77.3 cm³/mol. The molecule has 1 saturated carbocycles. The Morgan fingerprint density at radius 2 is 2.11 bits per heavy atom. The summed E-state index contributed by atoms with van der Waals surface area (Å²) < 4.78 is 0. The lowest BCUT2D eigenvalue weighted by Gasteiger charge is -2.07. The molecular formula is C16H18ClN. The number of pyridine rings is 1. The number of unbranched alkanes of at least 4 members (excludes halogenated alkanes) is 1. The average Bonchev–Trinajstić information content (AvgIpc) is 3.20. The highest BCUT2D eigenvalue weighted by atomic mass is 35.5. The fraction of sp³-hybridized carbons (Fsp3) is 0.438. The van der Waals surface area contributed by atoms with E-state index in [9.17, 15) is 0 Å². The van der Waals surface area contributed by atoms with Gasteiger partial charge in [0.2, 0.25) is 0 Å². The van der Waals surface area contributed by atoms with E-state index in [-0.39, 0.29) is 0 Å². The lowest BCUT2D eigenvalue weighted by atomic mass is 10.0. The topological polar surface area (TPSA) is 12.9 Å². The molecule has 1 aromatic heterocycles. The summed E-state index contributed by atoms with van der Waals surface area (Å²) >= 11 is 6.40. The summed E-state index contributed by atoms with van der Waals surface area (Å²) in [7, 11) is 0. The monoisotopic (exact) mass is 259 g/mol. The van der Waals surface area contributed by atoms with Gasteiger partial charge in [0.05, 0.1) is 10.5 Å². The average molecular weight is 260 g/mol. The van der Waals surface area contributed by atoms with Crippen molar-refractivity contribution in [2.24, 2.45) is 0 Å². The summed E-state index contributed by atoms with van der Waals surface area (Å²) in [5.41, 5.74) is 3.59. The van der Waals surface area contributed by atoms with Crippen LogP contribution >= 0.6 is 11.6 Å². The highest BCUT2D eigenvalue weighted by Crippen LogP contribution is 2.41. The standard InChI is InChI=1S/C16H18ClN/c1-2-3-4-11-5-8-15-13(9-11)14(17)10-16(18-15)12-6-7-12/h5,8-10,12H,2-4,6-7H2,1H3. The van der Waals surface area contributed by atoms with Crippen molar-refractivity contribution in [3.63, 3.8) is 0 Å². The van der Waals surface area contributed by atoms with Crippen LogP contribution in [0.15, 0.2) is 24.3 Å². The molecule has 0 spiro atoms. The molecule has 0 saturated heterocycles. The maximum absolute atomic E-state index is 6.40. The molecule has 0 aliphatic heterocycles. The van der Waals surface area contributed by atoms with Gasteiger partial charge in [-0.1, -0.05) is 31.0 Å². The maximum atomic E-state index is 6.40. The van der Waals surface area contributed by atoms with Gasteiger partial charge in [-0.05, 0) is 49.4 Å². The van der Waals surface area contributed by atoms with Crippen molar-refractivity contribution >= 4 is 22.5 Å². The van der Waals surface area contributed by atoms with E-state index < -0.39 is 0 Å². The summed E-state index contributed by atoms with van der Waals surface area (Å²) in [4.78, 5) is 4.74. The summed E-state index contributed by atoms with van der Waals surface area (Å²) in [5.74, 6) is 0.659. The van der Waals surface area contributed by atoms with E-state index >= 15 is 0 Å². The van der Waals surface area contributed by atoms with Crippen LogP contribution in [0.4, 0.5) is 0 Å². The van der Waals surface area contributed by atoms with E-state index in [1.165, 1.54) is 36.9 Å². The van der Waals surface area contributed by atoms with Crippen LogP contribution in [0.3, 0.4) is 0 Å². The first kappa shape index (κ1) is 12.0. The van der Waals surface area contributed by atoms with E-state index in [1.807, 2.05) is 0 Å². The number of nitrogens with zero attached hydrogens (tertiary/aromatic N) is 1. The van der Waals surface area contributed by atoms with Gasteiger partial charge in [0.1, 0.15) is 0 Å². The van der Waals surface area contributed by atoms with Crippen molar-refractivity contribution in [1.82, 2.24) is 4.98 Å². The van der Waals surface area contributed by atoms with Crippen LogP contribution in [0.25, 0.3) is 10.9 Å². The minimum absolute atomic E-state index is 0.659. The number of benzene rings is 1. The number of aryl methyl sites for hydroxylation is 1. The zero-order valence-electron chi connectivity index (χ0n) is 10.7. The molecule has 1 aromatic carbocycles. The normalized spacial score (nSPS) is 15.2. The van der Waals surface area contributed by atoms with Crippen LogP contribution in [0.5, 0.6) is 0 Å². The summed E-state index contributed by atoms with van der Waals surface area (Å²) in [6.45, 7) is 2.22. The van der Waals surface area contributed by atoms with Gasteiger partial charge >= 0.3 is 0 Å². The number of hydrogen-bond donors (Lipinski definition) is 0. The Labute approximate surface area is 113 Å². The van der Waals surface area contributed by atoms with Gasteiger partial charge in [0.25, 0.3) is 0 Å². The second kappa shape index (κ2) is 4.89. The minimum atomic E-state index is 0.659. The smallest absolute Gasteiger partial charge is 0.0720 e. The number of aromatic nitrogens is 1. The predicted octanol–water partition coefficient (Wildman–Crippen LogP) is 5.11. The number of hydrogen-bond acceptors (Lipinski definition) is 1. The van der Waals surface area contributed by atoms with Crippen molar-refractivity contribution in [2.75, 3.05) is 0 Å². The fourth-order valence-electron chi connectivity index (χ4n) is 2.38. The molecule has 1 heterocycles. The molecule has 0 atom stereocenters. The molecule has 2 heteroatoms. The van der Waals surface area contributed by atoms with Gasteiger partial charge < -0.3 is 0 Å². The van der Waals surface area contributed by atoms with Gasteiger partial charge in [0, 0.05) is 17.0 Å². The van der Waals surface area contributed by atoms with Gasteiger partial charge in [0.15, 0.2) is 0 Å². The molecule has 1 fully saturated rings. The van der Waals surface area contributed by atoms with Gasteiger partial charge in [-0.15, -0.1) is 0 Å². The zero-order valence-corrected chi connectivity index (χ0v) is 11.5. The van der Waals surface area contributed by atoms with Crippen molar-refractivity contribution in [2.45, 2.75) is 44.9 Å². The fourth-order valence-corrected chi connectivity index (χ4v) is 2.64. The molecule has 0 N–H and O–H groups in total. The van der Waals surface area contributed by atoms with Crippen LogP contribution in [0.2, 0.25) is 5.02 Å². The first-order valence-corrected chi connectivity index (χ1v) is 7.25. The molecule has 1 nitrogen and oxygen atoms in total. The summed E-state index contributed by atoms with van der Waals surface area (Å²) in [5, 5.41) is 1.97. The SMILES string of the molecule is CCCCc1ccc2nc(C3CC3)cc(Cl)c2c1. The minimum Gasteiger partial charge on any atom is -0.252 e. The van der Waals surface area contributed by atoms with Crippen molar-refractivity contribution in [3.8, 4) is 0 Å². The van der Waals surface area contributed by atoms with Crippen molar-refractivity contribution < 1.29 is 0 Å². The molecule has 2 aromatic rings. The third kappa shape index (κ3) is 2.37. The molecule has 18 heavy (non-hydrogen) atoms. The summed E-state index contributed by atoms with van der Waals surface area (Å²) in [6.07, 6.45) is 6.13. The van der Waals surface area contributed by atoms with Crippen molar-refractivity contribution in [1.29, 1.82) is 0 Å². The largest absolute Gasteiger partial charge is 0.252 e. The van der Waals surface area contributed by atoms with Crippen LogP contribution in [-0.2, 0) is 6.42 Å². The van der Waals surface area contributed by atoms with Crippen LogP contribution in [0, 0.1) is 0 Å². The third-order valence-corrected chi connectivity index (χ3v) is 3.97. The maximum Gasteiger partial charge on any atom is 0.0720 e. The second-order valence-electron chi connectivity index (χ2n) is 5.26. The Hall–Kier alpha value is -1.08. The molecule has 1 aliphatic rings. The summed E-state index contributed by atoms with van der Waals surface area (Å²) in [6, 6.07) is 8.58. The van der Waals surface area contributed by atoms with Crippen LogP contribution in [-0.4, -0.2) is 4.98 Å². The van der Waals surface area contributed by atoms with Gasteiger partial charge in [-0.2, -0.15) is 0 Å². The Balaban J connectivity index is 2.00. The molecule has 94 valence electrons. The Bertz CT molecular complexity index is 573. The van der Waals surface area contributed by atoms with E-state index in [2.05, 4.69) is 31.2 Å². The Kier molecular flexibility index (Phi) is 3.25. The molecule has 0 amide bonds. The third-order valence-electron chi connectivity index (χ3n) is 3.66. The molecule has 0 unspecified atom stereocenters. The van der Waals surface area contributed by atoms with Crippen LogP contribution < -0.4 is 0 Å². The van der Waals surface area contributed by atoms with E-state index in [4.69, 9.17) is 16.6 Å². The molecule has 3 rings (SSSR count). The first-order valence-electron chi connectivity index (χ1n) is 6.87. The highest BCUT2D eigenvalue weighted by molar-refractivity contribution is 6.35. The van der Waals surface area contributed by atoms with Crippen molar-refractivity contribution in [3.05, 3.63) is 40.5 Å². The van der Waals surface area contributed by atoms with E-state index in [0.29, 0.717) is 5.92 Å². The van der Waals surface area contributed by atoms with E-state index in [1.54, 1.807) is 0 Å². The lowest BCUT2D eigenvalue weighted by molar-refractivity contribution is 0.796. The first-order chi connectivity index (χ1) is 8.78. The number of rotatable bonds is 4. The molecule has 1 aliphatic carbocycles. The molecule has 0 radical (unpaired) electrons. The Morgan fingerprint density at radius 1 is 1.28 bits per heavy atom. The lowest BCUT2D eigenvalue weighted by Crippen LogP contribution is -1.91. The zero-order chi connectivity index (χ0) is 12.5. The van der Waals surface area contributed by atoms with E-state index in [0.717, 1.165) is 22.3 Å². The highest BCUT2D eigenvalue weighted by Gasteiger charge is 2.25. The number of halogens is 1. The quantitative estimate of drug-likeness (QED) is 0.744. The van der Waals surface area contributed by atoms with Crippen LogP contribution in [0.1, 0.15) is 49.8 Å². The second-order valence-corrected chi connectivity index (χ2v) is 5.67. The molecule has 0 bridgehead atoms.